The first-order chi connectivity index (χ1) is 7.79. The first-order valence-corrected chi connectivity index (χ1v) is 6.30. The Morgan fingerprint density at radius 1 is 1.25 bits per heavy atom. The lowest BCUT2D eigenvalue weighted by molar-refractivity contribution is 0.545. The zero-order valence-corrected chi connectivity index (χ0v) is 10.4. The van der Waals surface area contributed by atoms with Crippen molar-refractivity contribution in [2.45, 2.75) is 39.2 Å². The molecule has 0 unspecified atom stereocenters. The lowest BCUT2D eigenvalue weighted by Crippen LogP contribution is -1.97. The number of unbranched alkanes of at least 4 members (excludes halogenated alkanes) is 3. The van der Waals surface area contributed by atoms with Crippen LogP contribution in [0.25, 0.3) is 10.9 Å². The predicted molar refractivity (Wildman–Crippen MR) is 68.9 cm³/mol. The molecule has 2 aromatic rings. The number of aromatic nitrogens is 2. The SMILES string of the molecule is CCCCCCn1cc2ccc(Cl)cc2n1. The molecule has 2 nitrogen and oxygen atoms in total. The molecule has 86 valence electrons. The summed E-state index contributed by atoms with van der Waals surface area (Å²) in [6.45, 7) is 3.23. The molecule has 0 fully saturated rings. The van der Waals surface area contributed by atoms with E-state index in [1.807, 2.05) is 22.9 Å². The van der Waals surface area contributed by atoms with Crippen LogP contribution in [0.3, 0.4) is 0 Å². The van der Waals surface area contributed by atoms with Crippen molar-refractivity contribution in [3.63, 3.8) is 0 Å². The zero-order chi connectivity index (χ0) is 11.4. The monoisotopic (exact) mass is 236 g/mol. The standard InChI is InChI=1S/C13H17ClN2/c1-2-3-4-5-8-16-10-11-6-7-12(14)9-13(11)15-16/h6-7,9-10H,2-5,8H2,1H3. The van der Waals surface area contributed by atoms with Crippen LogP contribution in [-0.2, 0) is 6.54 Å². The minimum Gasteiger partial charge on any atom is -0.272 e. The second kappa shape index (κ2) is 5.35. The van der Waals surface area contributed by atoms with E-state index in [1.54, 1.807) is 0 Å². The Morgan fingerprint density at radius 2 is 2.12 bits per heavy atom. The fourth-order valence-electron chi connectivity index (χ4n) is 1.86. The number of rotatable bonds is 5. The Hall–Kier alpha value is -1.02. The molecule has 0 N–H and O–H groups in total. The van der Waals surface area contributed by atoms with E-state index in [-0.39, 0.29) is 0 Å². The van der Waals surface area contributed by atoms with Gasteiger partial charge in [0.25, 0.3) is 0 Å². The smallest absolute Gasteiger partial charge is 0.0938 e. The molecule has 0 amide bonds. The highest BCUT2D eigenvalue weighted by molar-refractivity contribution is 6.31. The Labute approximate surface area is 101 Å². The summed E-state index contributed by atoms with van der Waals surface area (Å²) in [6.07, 6.45) is 7.17. The number of nitrogens with zero attached hydrogens (tertiary/aromatic N) is 2. The highest BCUT2D eigenvalue weighted by Crippen LogP contribution is 2.17. The van der Waals surface area contributed by atoms with Gasteiger partial charge >= 0.3 is 0 Å². The van der Waals surface area contributed by atoms with Crippen molar-refractivity contribution in [1.29, 1.82) is 0 Å². The minimum absolute atomic E-state index is 0.753. The first-order valence-electron chi connectivity index (χ1n) is 5.92. The lowest BCUT2D eigenvalue weighted by Gasteiger charge is -1.99. The van der Waals surface area contributed by atoms with Crippen LogP contribution < -0.4 is 0 Å². The van der Waals surface area contributed by atoms with Gasteiger partial charge in [0.05, 0.1) is 5.52 Å². The van der Waals surface area contributed by atoms with Crippen molar-refractivity contribution < 1.29 is 0 Å². The van der Waals surface area contributed by atoms with Crippen molar-refractivity contribution in [3.8, 4) is 0 Å². The predicted octanol–water partition coefficient (Wildman–Crippen LogP) is 4.27. The molecule has 0 spiro atoms. The van der Waals surface area contributed by atoms with Gasteiger partial charge < -0.3 is 0 Å². The summed E-state index contributed by atoms with van der Waals surface area (Å²) in [6, 6.07) is 5.85. The highest BCUT2D eigenvalue weighted by Gasteiger charge is 2.00. The number of benzene rings is 1. The number of hydrogen-bond acceptors (Lipinski definition) is 1. The summed E-state index contributed by atoms with van der Waals surface area (Å²) in [5.41, 5.74) is 0.989. The van der Waals surface area contributed by atoms with E-state index in [0.29, 0.717) is 0 Å². The largest absolute Gasteiger partial charge is 0.272 e. The number of halogens is 1. The van der Waals surface area contributed by atoms with Crippen LogP contribution in [0.15, 0.2) is 24.4 Å². The average Bonchev–Trinajstić information content (AvgIpc) is 2.66. The average molecular weight is 237 g/mol. The maximum absolute atomic E-state index is 5.92. The third-order valence-electron chi connectivity index (χ3n) is 2.76. The molecule has 1 aromatic heterocycles. The molecular formula is C13H17ClN2. The highest BCUT2D eigenvalue weighted by atomic mass is 35.5. The maximum Gasteiger partial charge on any atom is 0.0938 e. The molecule has 0 atom stereocenters. The van der Waals surface area contributed by atoms with Gasteiger partial charge in [0.1, 0.15) is 0 Å². The second-order valence-electron chi connectivity index (χ2n) is 4.16. The summed E-state index contributed by atoms with van der Waals surface area (Å²) in [5, 5.41) is 6.42. The molecule has 0 saturated carbocycles. The second-order valence-corrected chi connectivity index (χ2v) is 4.59. The summed E-state index contributed by atoms with van der Waals surface area (Å²) in [4.78, 5) is 0. The van der Waals surface area contributed by atoms with Gasteiger partial charge in [-0.25, -0.2) is 0 Å². The van der Waals surface area contributed by atoms with Crippen molar-refractivity contribution in [3.05, 3.63) is 29.4 Å². The summed E-state index contributed by atoms with van der Waals surface area (Å²) in [5.74, 6) is 0. The van der Waals surface area contributed by atoms with Crippen molar-refractivity contribution >= 4 is 22.5 Å². The molecule has 0 aliphatic heterocycles. The van der Waals surface area contributed by atoms with E-state index >= 15 is 0 Å². The lowest BCUT2D eigenvalue weighted by atomic mass is 10.2. The van der Waals surface area contributed by atoms with Crippen molar-refractivity contribution in [2.75, 3.05) is 0 Å². The molecule has 0 bridgehead atoms. The third-order valence-corrected chi connectivity index (χ3v) is 2.99. The fraction of sp³-hybridized carbons (Fsp3) is 0.462. The molecule has 1 aromatic carbocycles. The van der Waals surface area contributed by atoms with Crippen LogP contribution in [0.4, 0.5) is 0 Å². The molecule has 0 radical (unpaired) electrons. The summed E-state index contributed by atoms with van der Waals surface area (Å²) < 4.78 is 2.02. The zero-order valence-electron chi connectivity index (χ0n) is 9.62. The Bertz CT molecular complexity index is 462. The molecule has 0 saturated heterocycles. The number of hydrogen-bond donors (Lipinski definition) is 0. The van der Waals surface area contributed by atoms with E-state index in [2.05, 4.69) is 18.2 Å². The normalized spacial score (nSPS) is 11.1. The van der Waals surface area contributed by atoms with Crippen LogP contribution in [0.1, 0.15) is 32.6 Å². The van der Waals surface area contributed by atoms with Gasteiger partial charge in [0, 0.05) is 23.2 Å². The molecule has 3 heteroatoms. The van der Waals surface area contributed by atoms with E-state index in [0.717, 1.165) is 17.1 Å². The number of fused-ring (bicyclic) bond motifs is 1. The van der Waals surface area contributed by atoms with Crippen molar-refractivity contribution in [2.24, 2.45) is 0 Å². The van der Waals surface area contributed by atoms with Gasteiger partial charge in [-0.1, -0.05) is 37.8 Å². The fourth-order valence-corrected chi connectivity index (χ4v) is 2.02. The van der Waals surface area contributed by atoms with Crippen LogP contribution in [0.2, 0.25) is 5.02 Å². The van der Waals surface area contributed by atoms with Gasteiger partial charge in [0.2, 0.25) is 0 Å². The molecule has 0 aliphatic rings. The molecule has 16 heavy (non-hydrogen) atoms. The minimum atomic E-state index is 0.753. The van der Waals surface area contributed by atoms with Crippen LogP contribution in [0, 0.1) is 0 Å². The molecule has 1 heterocycles. The topological polar surface area (TPSA) is 17.8 Å². The van der Waals surface area contributed by atoms with E-state index < -0.39 is 0 Å². The van der Waals surface area contributed by atoms with Gasteiger partial charge in [-0.05, 0) is 24.6 Å². The summed E-state index contributed by atoms with van der Waals surface area (Å²) in [7, 11) is 0. The van der Waals surface area contributed by atoms with Gasteiger partial charge in [-0.3, -0.25) is 4.68 Å². The van der Waals surface area contributed by atoms with E-state index in [4.69, 9.17) is 11.6 Å². The molecular weight excluding hydrogens is 220 g/mol. The maximum atomic E-state index is 5.92. The van der Waals surface area contributed by atoms with Gasteiger partial charge in [-0.15, -0.1) is 0 Å². The van der Waals surface area contributed by atoms with Gasteiger partial charge in [0.15, 0.2) is 0 Å². The van der Waals surface area contributed by atoms with Crippen LogP contribution in [0.5, 0.6) is 0 Å². The van der Waals surface area contributed by atoms with E-state index in [1.165, 1.54) is 31.1 Å². The Balaban J connectivity index is 2.02. The first kappa shape index (κ1) is 11.5. The quantitative estimate of drug-likeness (QED) is 0.709. The van der Waals surface area contributed by atoms with Gasteiger partial charge in [-0.2, -0.15) is 5.10 Å². The summed E-state index contributed by atoms with van der Waals surface area (Å²) >= 11 is 5.92. The van der Waals surface area contributed by atoms with E-state index in [9.17, 15) is 0 Å². The van der Waals surface area contributed by atoms with Crippen LogP contribution in [-0.4, -0.2) is 9.78 Å². The van der Waals surface area contributed by atoms with Crippen molar-refractivity contribution in [1.82, 2.24) is 9.78 Å². The third kappa shape index (κ3) is 2.76. The number of aryl methyl sites for hydroxylation is 1. The van der Waals surface area contributed by atoms with Crippen LogP contribution >= 0.6 is 11.6 Å². The molecule has 2 rings (SSSR count). The Kier molecular flexibility index (Phi) is 3.83. The Morgan fingerprint density at radius 3 is 2.94 bits per heavy atom. The molecule has 0 aliphatic carbocycles.